The summed E-state index contributed by atoms with van der Waals surface area (Å²) in [4.78, 5) is 0.615. The topological polar surface area (TPSA) is 38.0 Å². The van der Waals surface area contributed by atoms with Gasteiger partial charge in [0.15, 0.2) is 0 Å². The Labute approximate surface area is 122 Å². The number of nitrogens with one attached hydrogen (secondary N) is 1. The van der Waals surface area contributed by atoms with Gasteiger partial charge in [0.25, 0.3) is 0 Å². The van der Waals surface area contributed by atoms with Gasteiger partial charge in [0, 0.05) is 17.1 Å². The lowest BCUT2D eigenvalue weighted by Crippen LogP contribution is -2.27. The summed E-state index contributed by atoms with van der Waals surface area (Å²) in [5.74, 6) is -0.144. The van der Waals surface area contributed by atoms with Crippen molar-refractivity contribution in [1.29, 1.82) is 0 Å². The van der Waals surface area contributed by atoms with E-state index in [2.05, 4.69) is 19.2 Å². The van der Waals surface area contributed by atoms with E-state index >= 15 is 0 Å². The van der Waals surface area contributed by atoms with E-state index in [1.54, 1.807) is 18.2 Å². The Morgan fingerprint density at radius 1 is 1.25 bits per heavy atom. The molecule has 0 amide bonds. The number of rotatable bonds is 7. The quantitative estimate of drug-likeness (QED) is 0.748. The van der Waals surface area contributed by atoms with Crippen molar-refractivity contribution in [2.75, 3.05) is 24.2 Å². The van der Waals surface area contributed by atoms with Gasteiger partial charge >= 0.3 is 6.18 Å². The fraction of sp³-hybridized carbons (Fsp3) is 0.571. The number of para-hydroxylation sites is 1. The predicted octanol–water partition coefficient (Wildman–Crippen LogP) is 3.98. The molecule has 20 heavy (non-hydrogen) atoms. The number of halogens is 3. The van der Waals surface area contributed by atoms with Gasteiger partial charge in [-0.15, -0.1) is 11.8 Å². The van der Waals surface area contributed by atoms with Crippen molar-refractivity contribution in [2.45, 2.75) is 24.9 Å². The second-order valence-corrected chi connectivity index (χ2v) is 6.04. The van der Waals surface area contributed by atoms with Crippen molar-refractivity contribution in [3.63, 3.8) is 0 Å². The summed E-state index contributed by atoms with van der Waals surface area (Å²) >= 11 is 0.803. The van der Waals surface area contributed by atoms with Gasteiger partial charge in [0.05, 0.1) is 5.75 Å². The lowest BCUT2D eigenvalue weighted by Gasteiger charge is -2.21. The molecule has 0 saturated carbocycles. The normalized spacial score (nSPS) is 13.6. The molecule has 6 heteroatoms. The monoisotopic (exact) mass is 306 g/mol. The third kappa shape index (κ3) is 6.05. The minimum atomic E-state index is -4.16. The molecular formula is C14H21F3N2S. The Morgan fingerprint density at radius 3 is 2.45 bits per heavy atom. The Hall–Kier alpha value is -0.880. The molecule has 0 heterocycles. The van der Waals surface area contributed by atoms with Gasteiger partial charge in [-0.05, 0) is 30.5 Å². The van der Waals surface area contributed by atoms with Gasteiger partial charge in [-0.1, -0.05) is 26.0 Å². The van der Waals surface area contributed by atoms with E-state index in [4.69, 9.17) is 5.73 Å². The SMILES string of the molecule is CC(C)C(CN)CNc1ccccc1SCC(F)(F)F. The van der Waals surface area contributed by atoms with Crippen LogP contribution < -0.4 is 11.1 Å². The fourth-order valence-electron chi connectivity index (χ4n) is 1.73. The summed E-state index contributed by atoms with van der Waals surface area (Å²) in [6, 6.07) is 7.05. The highest BCUT2D eigenvalue weighted by atomic mass is 32.2. The Bertz CT molecular complexity index is 408. The van der Waals surface area contributed by atoms with E-state index in [9.17, 15) is 13.2 Å². The summed E-state index contributed by atoms with van der Waals surface area (Å²) in [5.41, 5.74) is 6.43. The molecule has 0 fully saturated rings. The lowest BCUT2D eigenvalue weighted by atomic mass is 9.96. The molecule has 0 aliphatic heterocycles. The summed E-state index contributed by atoms with van der Waals surface area (Å²) in [6.07, 6.45) is -4.16. The van der Waals surface area contributed by atoms with Gasteiger partial charge < -0.3 is 11.1 Å². The Kier molecular flexibility index (Phi) is 6.68. The van der Waals surface area contributed by atoms with E-state index in [1.165, 1.54) is 0 Å². The number of thioether (sulfide) groups is 1. The van der Waals surface area contributed by atoms with Gasteiger partial charge in [-0.2, -0.15) is 13.2 Å². The Morgan fingerprint density at radius 2 is 1.90 bits per heavy atom. The van der Waals surface area contributed by atoms with E-state index in [-0.39, 0.29) is 0 Å². The molecule has 114 valence electrons. The molecule has 0 saturated heterocycles. The predicted molar refractivity (Wildman–Crippen MR) is 79.1 cm³/mol. The number of benzene rings is 1. The molecule has 1 aromatic rings. The fourth-order valence-corrected chi connectivity index (χ4v) is 2.52. The first-order chi connectivity index (χ1) is 9.33. The first-order valence-electron chi connectivity index (χ1n) is 6.56. The van der Waals surface area contributed by atoms with E-state index in [0.29, 0.717) is 29.8 Å². The summed E-state index contributed by atoms with van der Waals surface area (Å²) in [7, 11) is 0. The molecule has 3 N–H and O–H groups in total. The zero-order chi connectivity index (χ0) is 15.2. The van der Waals surface area contributed by atoms with E-state index in [1.807, 2.05) is 6.07 Å². The van der Waals surface area contributed by atoms with E-state index in [0.717, 1.165) is 17.4 Å². The highest BCUT2D eigenvalue weighted by Crippen LogP contribution is 2.32. The second-order valence-electron chi connectivity index (χ2n) is 5.02. The maximum Gasteiger partial charge on any atom is 0.398 e. The number of hydrogen-bond donors (Lipinski definition) is 2. The molecular weight excluding hydrogens is 285 g/mol. The molecule has 0 bridgehead atoms. The van der Waals surface area contributed by atoms with Crippen molar-refractivity contribution in [3.8, 4) is 0 Å². The minimum absolute atomic E-state index is 0.302. The summed E-state index contributed by atoms with van der Waals surface area (Å²) in [5, 5.41) is 3.21. The molecule has 0 aromatic heterocycles. The number of nitrogens with two attached hydrogens (primary N) is 1. The van der Waals surface area contributed by atoms with E-state index < -0.39 is 11.9 Å². The van der Waals surface area contributed by atoms with Crippen LogP contribution in [0.1, 0.15) is 13.8 Å². The maximum absolute atomic E-state index is 12.3. The number of anilines is 1. The van der Waals surface area contributed by atoms with Crippen molar-refractivity contribution in [3.05, 3.63) is 24.3 Å². The molecule has 1 aromatic carbocycles. The summed E-state index contributed by atoms with van der Waals surface area (Å²) in [6.45, 7) is 5.40. The van der Waals surface area contributed by atoms with Gasteiger partial charge in [-0.3, -0.25) is 0 Å². The van der Waals surface area contributed by atoms with Crippen LogP contribution in [0.4, 0.5) is 18.9 Å². The van der Waals surface area contributed by atoms with Crippen molar-refractivity contribution >= 4 is 17.4 Å². The number of hydrogen-bond acceptors (Lipinski definition) is 3. The van der Waals surface area contributed by atoms with Crippen molar-refractivity contribution < 1.29 is 13.2 Å². The van der Waals surface area contributed by atoms with Crippen LogP contribution in [-0.4, -0.2) is 25.0 Å². The molecule has 0 aliphatic carbocycles. The van der Waals surface area contributed by atoms with Gasteiger partial charge in [0.2, 0.25) is 0 Å². The van der Waals surface area contributed by atoms with Crippen molar-refractivity contribution in [2.24, 2.45) is 17.6 Å². The minimum Gasteiger partial charge on any atom is -0.384 e. The molecule has 1 unspecified atom stereocenters. The maximum atomic E-state index is 12.3. The zero-order valence-electron chi connectivity index (χ0n) is 11.7. The van der Waals surface area contributed by atoms with Crippen LogP contribution >= 0.6 is 11.8 Å². The van der Waals surface area contributed by atoms with Crippen LogP contribution in [0.5, 0.6) is 0 Å². The number of alkyl halides is 3. The van der Waals surface area contributed by atoms with Crippen molar-refractivity contribution in [1.82, 2.24) is 0 Å². The molecule has 2 nitrogen and oxygen atoms in total. The first kappa shape index (κ1) is 17.2. The van der Waals surface area contributed by atoms with Gasteiger partial charge in [0.1, 0.15) is 0 Å². The Balaban J connectivity index is 2.65. The standard InChI is InChI=1S/C14H21F3N2S/c1-10(2)11(7-18)8-19-12-5-3-4-6-13(12)20-9-14(15,16)17/h3-6,10-11,19H,7-9,18H2,1-2H3. The van der Waals surface area contributed by atoms with Crippen LogP contribution in [0.2, 0.25) is 0 Å². The van der Waals surface area contributed by atoms with Crippen LogP contribution in [-0.2, 0) is 0 Å². The second kappa shape index (κ2) is 7.78. The highest BCUT2D eigenvalue weighted by Gasteiger charge is 2.27. The lowest BCUT2D eigenvalue weighted by molar-refractivity contribution is -0.105. The molecule has 1 rings (SSSR count). The zero-order valence-corrected chi connectivity index (χ0v) is 12.5. The summed E-state index contributed by atoms with van der Waals surface area (Å²) < 4.78 is 36.9. The van der Waals surface area contributed by atoms with Gasteiger partial charge in [-0.25, -0.2) is 0 Å². The smallest absolute Gasteiger partial charge is 0.384 e. The average Bonchev–Trinajstić information content (AvgIpc) is 2.37. The van der Waals surface area contributed by atoms with Crippen LogP contribution in [0, 0.1) is 11.8 Å². The molecule has 0 spiro atoms. The highest BCUT2D eigenvalue weighted by molar-refractivity contribution is 7.99. The largest absolute Gasteiger partial charge is 0.398 e. The van der Waals surface area contributed by atoms with Crippen LogP contribution in [0.3, 0.4) is 0 Å². The van der Waals surface area contributed by atoms with Crippen LogP contribution in [0.25, 0.3) is 0 Å². The van der Waals surface area contributed by atoms with Crippen LogP contribution in [0.15, 0.2) is 29.2 Å². The molecule has 1 atom stereocenters. The third-order valence-corrected chi connectivity index (χ3v) is 4.22. The molecule has 0 aliphatic rings. The molecule has 0 radical (unpaired) electrons. The third-order valence-electron chi connectivity index (χ3n) is 3.08. The first-order valence-corrected chi connectivity index (χ1v) is 7.54. The average molecular weight is 306 g/mol.